The summed E-state index contributed by atoms with van der Waals surface area (Å²) in [6, 6.07) is 27.1. The minimum Gasteiger partial charge on any atom is -0.478 e. The first-order valence-corrected chi connectivity index (χ1v) is 11.7. The number of hydrazine groups is 1. The minimum atomic E-state index is -2.24. The molecule has 4 aromatic rings. The highest BCUT2D eigenvalue weighted by Gasteiger charge is 2.41. The summed E-state index contributed by atoms with van der Waals surface area (Å²) in [5, 5.41) is 11.2. The molecule has 196 valence electrons. The number of aliphatic carboxylic acids is 1. The lowest BCUT2D eigenvalue weighted by Crippen LogP contribution is -2.54. The Labute approximate surface area is 222 Å². The first-order chi connectivity index (χ1) is 18.8. The van der Waals surface area contributed by atoms with Crippen LogP contribution < -0.4 is 10.9 Å². The number of esters is 2. The topological polar surface area (TPSA) is 148 Å². The summed E-state index contributed by atoms with van der Waals surface area (Å²) in [5.41, 5.74) is 4.55. The van der Waals surface area contributed by atoms with Gasteiger partial charge in [0.2, 0.25) is 12.2 Å². The molecule has 4 aromatic carbocycles. The number of carbonyl (C=O) groups is 5. The van der Waals surface area contributed by atoms with Crippen LogP contribution in [0.2, 0.25) is 0 Å². The Hall–Kier alpha value is -5.51. The van der Waals surface area contributed by atoms with Crippen LogP contribution in [-0.2, 0) is 19.1 Å². The maximum atomic E-state index is 13.1. The van der Waals surface area contributed by atoms with Crippen molar-refractivity contribution >= 4 is 40.5 Å². The largest absolute Gasteiger partial charge is 0.478 e. The first-order valence-electron chi connectivity index (χ1n) is 11.7. The number of rotatable bonds is 8. The molecule has 0 saturated heterocycles. The van der Waals surface area contributed by atoms with Gasteiger partial charge in [-0.2, -0.15) is 0 Å². The van der Waals surface area contributed by atoms with Gasteiger partial charge in [-0.3, -0.25) is 20.4 Å². The number of hydrogen-bond acceptors (Lipinski definition) is 7. The molecule has 0 fully saturated rings. The average molecular weight is 527 g/mol. The van der Waals surface area contributed by atoms with Crippen molar-refractivity contribution < 1.29 is 38.6 Å². The fraction of sp³-hybridized carbons (Fsp3) is 0.0690. The van der Waals surface area contributed by atoms with Crippen LogP contribution in [0.1, 0.15) is 31.1 Å². The number of fused-ring (bicyclic) bond motifs is 1. The van der Waals surface area contributed by atoms with Crippen molar-refractivity contribution in [3.63, 3.8) is 0 Å². The van der Waals surface area contributed by atoms with Crippen LogP contribution in [0, 0.1) is 0 Å². The van der Waals surface area contributed by atoms with Gasteiger partial charge in [-0.05, 0) is 41.1 Å². The molecule has 0 aliphatic carbocycles. The predicted octanol–water partition coefficient (Wildman–Crippen LogP) is 3.14. The van der Waals surface area contributed by atoms with Crippen molar-refractivity contribution in [2.75, 3.05) is 0 Å². The predicted molar refractivity (Wildman–Crippen MR) is 138 cm³/mol. The molecule has 10 heteroatoms. The molecule has 0 aliphatic rings. The van der Waals surface area contributed by atoms with Crippen molar-refractivity contribution in [2.24, 2.45) is 0 Å². The highest BCUT2D eigenvalue weighted by molar-refractivity contribution is 6.07. The molecule has 0 heterocycles. The quantitative estimate of drug-likeness (QED) is 0.234. The van der Waals surface area contributed by atoms with Crippen molar-refractivity contribution in [1.82, 2.24) is 10.9 Å². The molecule has 0 radical (unpaired) electrons. The number of benzene rings is 4. The van der Waals surface area contributed by atoms with Gasteiger partial charge >= 0.3 is 17.9 Å². The Morgan fingerprint density at radius 3 is 1.69 bits per heavy atom. The molecular weight excluding hydrogens is 504 g/mol. The minimum absolute atomic E-state index is 0.0153. The van der Waals surface area contributed by atoms with Crippen LogP contribution in [0.3, 0.4) is 0 Å². The molecule has 0 aliphatic heterocycles. The first kappa shape index (κ1) is 26.6. The summed E-state index contributed by atoms with van der Waals surface area (Å²) in [6.45, 7) is 0. The third-order valence-electron chi connectivity index (χ3n) is 5.60. The highest BCUT2D eigenvalue weighted by atomic mass is 16.6. The van der Waals surface area contributed by atoms with Gasteiger partial charge in [0.05, 0.1) is 11.1 Å². The molecule has 3 N–H and O–H groups in total. The number of ether oxygens (including phenoxy) is 2. The monoisotopic (exact) mass is 526 g/mol. The van der Waals surface area contributed by atoms with E-state index in [1.54, 1.807) is 54.6 Å². The van der Waals surface area contributed by atoms with E-state index in [0.717, 1.165) is 5.39 Å². The number of hydrogen-bond donors (Lipinski definition) is 3. The maximum absolute atomic E-state index is 13.1. The fourth-order valence-corrected chi connectivity index (χ4v) is 3.69. The van der Waals surface area contributed by atoms with Crippen LogP contribution in [0.5, 0.6) is 0 Å². The fourth-order valence-electron chi connectivity index (χ4n) is 3.69. The van der Waals surface area contributed by atoms with Crippen LogP contribution in [0.4, 0.5) is 0 Å². The van der Waals surface area contributed by atoms with E-state index in [4.69, 9.17) is 9.47 Å². The summed E-state index contributed by atoms with van der Waals surface area (Å²) < 4.78 is 10.3. The van der Waals surface area contributed by atoms with E-state index in [1.165, 1.54) is 36.4 Å². The Morgan fingerprint density at radius 1 is 0.590 bits per heavy atom. The van der Waals surface area contributed by atoms with Gasteiger partial charge in [-0.25, -0.2) is 14.4 Å². The molecule has 0 spiro atoms. The summed E-state index contributed by atoms with van der Waals surface area (Å²) in [4.78, 5) is 63.4. The Kier molecular flexibility index (Phi) is 8.27. The van der Waals surface area contributed by atoms with Gasteiger partial charge in [0, 0.05) is 5.56 Å². The van der Waals surface area contributed by atoms with E-state index in [9.17, 15) is 29.1 Å². The summed E-state index contributed by atoms with van der Waals surface area (Å²) in [7, 11) is 0. The molecular formula is C29H22N2O8. The smallest absolute Gasteiger partial charge is 0.349 e. The molecule has 2 atom stereocenters. The molecule has 4 rings (SSSR count). The van der Waals surface area contributed by atoms with E-state index in [-0.39, 0.29) is 16.7 Å². The number of carboxylic acids is 1. The van der Waals surface area contributed by atoms with Crippen molar-refractivity contribution in [3.05, 3.63) is 120 Å². The lowest BCUT2D eigenvalue weighted by molar-refractivity contribution is -0.159. The summed E-state index contributed by atoms with van der Waals surface area (Å²) >= 11 is 0. The molecule has 0 saturated carbocycles. The maximum Gasteiger partial charge on any atom is 0.349 e. The zero-order valence-corrected chi connectivity index (χ0v) is 20.3. The lowest BCUT2D eigenvalue weighted by Gasteiger charge is -2.23. The Bertz CT molecular complexity index is 1520. The third-order valence-corrected chi connectivity index (χ3v) is 5.60. The van der Waals surface area contributed by atoms with E-state index >= 15 is 0 Å². The van der Waals surface area contributed by atoms with Gasteiger partial charge in [0.1, 0.15) is 0 Å². The second-order valence-corrected chi connectivity index (χ2v) is 8.19. The van der Waals surface area contributed by atoms with Gasteiger partial charge < -0.3 is 14.6 Å². The van der Waals surface area contributed by atoms with Crippen LogP contribution in [0.25, 0.3) is 10.8 Å². The van der Waals surface area contributed by atoms with E-state index in [1.807, 2.05) is 12.1 Å². The summed E-state index contributed by atoms with van der Waals surface area (Å²) in [5.74, 6) is -5.79. The standard InChI is InChI=1S/C29H22N2O8/c32-25(22-17-9-15-18-10-7-8-16-21(18)22)30-31-26(33)23(38-28(36)19-11-3-1-4-12-19)24(27(34)35)39-29(37)20-13-5-2-6-14-20/h1-17,23-24H,(H,30,32)(H,31,33)(H,34,35)/t23-,24-/m1/s1. The SMILES string of the molecule is O=C(O[C@@H](C(=O)O)[C@@H](OC(=O)c1ccccc1)C(=O)NNC(=O)c1cccc2ccccc12)c1ccccc1. The number of amides is 2. The van der Waals surface area contributed by atoms with Gasteiger partial charge in [-0.15, -0.1) is 0 Å². The average Bonchev–Trinajstić information content (AvgIpc) is 2.97. The zero-order valence-electron chi connectivity index (χ0n) is 20.3. The van der Waals surface area contributed by atoms with Crippen molar-refractivity contribution in [1.29, 1.82) is 0 Å². The van der Waals surface area contributed by atoms with E-state index < -0.39 is 41.9 Å². The van der Waals surface area contributed by atoms with Crippen molar-refractivity contribution in [3.8, 4) is 0 Å². The van der Waals surface area contributed by atoms with Gasteiger partial charge in [0.25, 0.3) is 11.8 Å². The second-order valence-electron chi connectivity index (χ2n) is 8.19. The number of carboxylic acid groups (broad SMARTS) is 1. The second kappa shape index (κ2) is 12.2. The normalized spacial score (nSPS) is 12.0. The van der Waals surface area contributed by atoms with Gasteiger partial charge in [-0.1, -0.05) is 72.8 Å². The van der Waals surface area contributed by atoms with E-state index in [2.05, 4.69) is 10.9 Å². The summed E-state index contributed by atoms with van der Waals surface area (Å²) in [6.07, 6.45) is -4.39. The van der Waals surface area contributed by atoms with Crippen LogP contribution in [0.15, 0.2) is 103 Å². The van der Waals surface area contributed by atoms with Crippen LogP contribution >= 0.6 is 0 Å². The molecule has 0 aromatic heterocycles. The number of carbonyl (C=O) groups excluding carboxylic acids is 4. The third kappa shape index (κ3) is 6.44. The molecule has 39 heavy (non-hydrogen) atoms. The zero-order chi connectivity index (χ0) is 27.8. The van der Waals surface area contributed by atoms with E-state index in [0.29, 0.717) is 5.39 Å². The van der Waals surface area contributed by atoms with Crippen LogP contribution in [-0.4, -0.2) is 47.0 Å². The molecule has 10 nitrogen and oxygen atoms in total. The van der Waals surface area contributed by atoms with Gasteiger partial charge in [0.15, 0.2) is 0 Å². The lowest BCUT2D eigenvalue weighted by atomic mass is 10.0. The Morgan fingerprint density at radius 2 is 1.10 bits per heavy atom. The Balaban J connectivity index is 1.57. The molecule has 2 amide bonds. The highest BCUT2D eigenvalue weighted by Crippen LogP contribution is 2.18. The molecule has 0 bridgehead atoms. The number of nitrogens with one attached hydrogen (secondary N) is 2. The van der Waals surface area contributed by atoms with Crippen molar-refractivity contribution in [2.45, 2.75) is 12.2 Å². The molecule has 0 unspecified atom stereocenters.